The second kappa shape index (κ2) is 10.4. The molecule has 0 spiro atoms. The van der Waals surface area contributed by atoms with E-state index in [4.69, 9.17) is 14.2 Å². The van der Waals surface area contributed by atoms with E-state index in [0.29, 0.717) is 16.8 Å². The number of rotatable bonds is 7. The molecule has 3 aromatic rings. The van der Waals surface area contributed by atoms with Gasteiger partial charge in [-0.05, 0) is 47.5 Å². The van der Waals surface area contributed by atoms with E-state index in [9.17, 15) is 24.6 Å². The number of esters is 1. The smallest absolute Gasteiger partial charge is 0.309 e. The first-order valence-electron chi connectivity index (χ1n) is 11.3. The van der Waals surface area contributed by atoms with Gasteiger partial charge in [-0.2, -0.15) is 0 Å². The number of methoxy groups -OCH3 is 3. The maximum absolute atomic E-state index is 13.4. The van der Waals surface area contributed by atoms with Gasteiger partial charge in [-0.25, -0.2) is 0 Å². The number of carbonyl (C=O) groups excluding carboxylic acids is 3. The molecule has 1 amide bonds. The predicted octanol–water partition coefficient (Wildman–Crippen LogP) is 3.75. The number of benzene rings is 3. The second-order valence-corrected chi connectivity index (χ2v) is 8.22. The highest BCUT2D eigenvalue weighted by atomic mass is 16.5. The topological polar surface area (TPSA) is 123 Å². The van der Waals surface area contributed by atoms with Gasteiger partial charge in [-0.3, -0.25) is 19.3 Å². The van der Waals surface area contributed by atoms with Crippen molar-refractivity contribution in [3.05, 3.63) is 89.0 Å². The normalized spacial score (nSPS) is 16.5. The van der Waals surface area contributed by atoms with E-state index < -0.39 is 29.5 Å². The lowest BCUT2D eigenvalue weighted by Crippen LogP contribution is -2.29. The molecule has 0 radical (unpaired) electrons. The van der Waals surface area contributed by atoms with Crippen molar-refractivity contribution in [2.75, 3.05) is 26.2 Å². The Kier molecular flexibility index (Phi) is 7.15. The highest BCUT2D eigenvalue weighted by molar-refractivity contribution is 6.51. The van der Waals surface area contributed by atoms with Crippen LogP contribution in [0.2, 0.25) is 0 Å². The maximum atomic E-state index is 13.4. The van der Waals surface area contributed by atoms with Crippen LogP contribution in [0.25, 0.3) is 5.76 Å². The number of aliphatic hydroxyl groups is 1. The van der Waals surface area contributed by atoms with Gasteiger partial charge in [0.15, 0.2) is 0 Å². The fourth-order valence-corrected chi connectivity index (χ4v) is 4.34. The number of ketones is 1. The molecule has 37 heavy (non-hydrogen) atoms. The number of aliphatic hydroxyl groups excluding tert-OH is 1. The van der Waals surface area contributed by atoms with Gasteiger partial charge in [0.2, 0.25) is 0 Å². The molecule has 1 atom stereocenters. The van der Waals surface area contributed by atoms with Crippen LogP contribution >= 0.6 is 0 Å². The average molecular weight is 504 g/mol. The lowest BCUT2D eigenvalue weighted by atomic mass is 9.94. The monoisotopic (exact) mass is 503 g/mol. The number of hydrogen-bond donors (Lipinski definition) is 2. The Bertz CT molecular complexity index is 1370. The zero-order chi connectivity index (χ0) is 26.7. The van der Waals surface area contributed by atoms with Crippen LogP contribution in [0, 0.1) is 0 Å². The van der Waals surface area contributed by atoms with Crippen LogP contribution in [0.15, 0.2) is 72.3 Å². The summed E-state index contributed by atoms with van der Waals surface area (Å²) in [5.74, 6) is -2.28. The summed E-state index contributed by atoms with van der Waals surface area (Å²) in [6, 6.07) is 16.4. The Hall–Kier alpha value is -4.79. The Morgan fingerprint density at radius 1 is 0.919 bits per heavy atom. The lowest BCUT2D eigenvalue weighted by Gasteiger charge is -2.26. The third-order valence-electron chi connectivity index (χ3n) is 6.09. The molecule has 4 rings (SSSR count). The zero-order valence-corrected chi connectivity index (χ0v) is 20.4. The third-order valence-corrected chi connectivity index (χ3v) is 6.09. The number of nitrogens with zero attached hydrogens (tertiary/aromatic N) is 1. The largest absolute Gasteiger partial charge is 0.508 e. The molecule has 3 aromatic carbocycles. The van der Waals surface area contributed by atoms with E-state index in [1.807, 2.05) is 0 Å². The van der Waals surface area contributed by atoms with Gasteiger partial charge in [-0.1, -0.05) is 30.3 Å². The molecule has 190 valence electrons. The van der Waals surface area contributed by atoms with Crippen molar-refractivity contribution in [1.29, 1.82) is 0 Å². The number of hydrogen-bond acceptors (Lipinski definition) is 8. The van der Waals surface area contributed by atoms with Crippen molar-refractivity contribution in [2.24, 2.45) is 0 Å². The molecule has 0 aliphatic carbocycles. The summed E-state index contributed by atoms with van der Waals surface area (Å²) in [4.78, 5) is 39.7. The number of carbonyl (C=O) groups is 3. The second-order valence-electron chi connectivity index (χ2n) is 8.22. The molecule has 1 saturated heterocycles. The molecular formula is C28H25NO8. The van der Waals surface area contributed by atoms with E-state index in [0.717, 1.165) is 0 Å². The van der Waals surface area contributed by atoms with Crippen LogP contribution in [0.1, 0.15) is 22.7 Å². The average Bonchev–Trinajstić information content (AvgIpc) is 3.18. The van der Waals surface area contributed by atoms with Gasteiger partial charge >= 0.3 is 5.97 Å². The highest BCUT2D eigenvalue weighted by Crippen LogP contribution is 2.45. The van der Waals surface area contributed by atoms with Gasteiger partial charge in [0.1, 0.15) is 28.6 Å². The van der Waals surface area contributed by atoms with Crippen molar-refractivity contribution < 1.29 is 38.8 Å². The summed E-state index contributed by atoms with van der Waals surface area (Å²) in [6.07, 6.45) is 0.0409. The number of aromatic hydroxyl groups is 1. The minimum Gasteiger partial charge on any atom is -0.508 e. The molecule has 9 heteroatoms. The standard InChI is InChI=1S/C28H25NO8/c1-35-20-8-5-9-21(36-2)23(20)26(32)24-25(17-6-4-7-19(30)15-17)29(28(34)27(24)33)18-12-10-16(11-13-18)14-22(31)37-3/h4-13,15,25,30,32H,14H2,1-3H3/b26-24+. The summed E-state index contributed by atoms with van der Waals surface area (Å²) >= 11 is 0. The summed E-state index contributed by atoms with van der Waals surface area (Å²) in [5, 5.41) is 21.6. The van der Waals surface area contributed by atoms with Crippen LogP contribution in [0.3, 0.4) is 0 Å². The molecule has 0 saturated carbocycles. The van der Waals surface area contributed by atoms with E-state index in [-0.39, 0.29) is 34.8 Å². The molecule has 1 aliphatic heterocycles. The third kappa shape index (κ3) is 4.71. The Balaban J connectivity index is 1.92. The molecule has 9 nitrogen and oxygen atoms in total. The molecule has 1 fully saturated rings. The Morgan fingerprint density at radius 2 is 1.54 bits per heavy atom. The fraction of sp³-hybridized carbons (Fsp3) is 0.179. The van der Waals surface area contributed by atoms with Crippen LogP contribution in [-0.4, -0.2) is 49.2 Å². The van der Waals surface area contributed by atoms with E-state index in [1.54, 1.807) is 54.6 Å². The molecule has 1 heterocycles. The molecule has 1 unspecified atom stereocenters. The van der Waals surface area contributed by atoms with Gasteiger partial charge < -0.3 is 24.4 Å². The first-order chi connectivity index (χ1) is 17.8. The van der Waals surface area contributed by atoms with Crippen LogP contribution in [0.4, 0.5) is 5.69 Å². The van der Waals surface area contributed by atoms with Crippen molar-refractivity contribution in [3.63, 3.8) is 0 Å². The van der Waals surface area contributed by atoms with Crippen LogP contribution in [0.5, 0.6) is 17.2 Å². The van der Waals surface area contributed by atoms with Crippen molar-refractivity contribution in [2.45, 2.75) is 12.5 Å². The maximum Gasteiger partial charge on any atom is 0.309 e. The lowest BCUT2D eigenvalue weighted by molar-refractivity contribution is -0.139. The van der Waals surface area contributed by atoms with Gasteiger partial charge in [-0.15, -0.1) is 0 Å². The number of ether oxygens (including phenoxy) is 3. The summed E-state index contributed by atoms with van der Waals surface area (Å²) in [5.41, 5.74) is 1.32. The minimum absolute atomic E-state index is 0.0409. The van der Waals surface area contributed by atoms with Crippen LogP contribution in [-0.2, 0) is 25.5 Å². The Labute approximate surface area is 213 Å². The number of phenols is 1. The molecule has 0 aromatic heterocycles. The first-order valence-corrected chi connectivity index (χ1v) is 11.3. The SMILES string of the molecule is COC(=O)Cc1ccc(N2C(=O)C(=O)/C(=C(/O)c3c(OC)cccc3OC)C2c2cccc(O)c2)cc1. The molecule has 0 bridgehead atoms. The van der Waals surface area contributed by atoms with Crippen molar-refractivity contribution >= 4 is 29.1 Å². The van der Waals surface area contributed by atoms with Gasteiger partial charge in [0.25, 0.3) is 11.7 Å². The van der Waals surface area contributed by atoms with Gasteiger partial charge in [0, 0.05) is 5.69 Å². The number of amides is 1. The zero-order valence-electron chi connectivity index (χ0n) is 20.4. The highest BCUT2D eigenvalue weighted by Gasteiger charge is 2.47. The summed E-state index contributed by atoms with van der Waals surface area (Å²) < 4.78 is 15.5. The minimum atomic E-state index is -1.08. The Morgan fingerprint density at radius 3 is 2.11 bits per heavy atom. The van der Waals surface area contributed by atoms with Crippen LogP contribution < -0.4 is 14.4 Å². The quantitative estimate of drug-likeness (QED) is 0.216. The predicted molar refractivity (Wildman–Crippen MR) is 135 cm³/mol. The summed E-state index contributed by atoms with van der Waals surface area (Å²) in [6.45, 7) is 0. The molecular weight excluding hydrogens is 478 g/mol. The molecule has 2 N–H and O–H groups in total. The fourth-order valence-electron chi connectivity index (χ4n) is 4.34. The number of anilines is 1. The number of phenolic OH excluding ortho intramolecular Hbond substituents is 1. The van der Waals surface area contributed by atoms with E-state index in [1.165, 1.54) is 38.4 Å². The van der Waals surface area contributed by atoms with Crippen molar-refractivity contribution in [1.82, 2.24) is 0 Å². The first kappa shape index (κ1) is 25.3. The summed E-state index contributed by atoms with van der Waals surface area (Å²) in [7, 11) is 4.11. The van der Waals surface area contributed by atoms with E-state index in [2.05, 4.69) is 0 Å². The number of Topliss-reactive ketones (excluding diaryl/α,β-unsaturated/α-hetero) is 1. The van der Waals surface area contributed by atoms with Crippen molar-refractivity contribution in [3.8, 4) is 17.2 Å². The van der Waals surface area contributed by atoms with E-state index >= 15 is 0 Å². The molecule has 1 aliphatic rings. The van der Waals surface area contributed by atoms with Gasteiger partial charge in [0.05, 0.1) is 39.4 Å².